The lowest BCUT2D eigenvalue weighted by Crippen LogP contribution is -2.47. The van der Waals surface area contributed by atoms with Crippen molar-refractivity contribution in [2.45, 2.75) is 51.6 Å². The molecule has 1 rings (SSSR count). The van der Waals surface area contributed by atoms with Gasteiger partial charge in [0, 0.05) is 25.0 Å². The van der Waals surface area contributed by atoms with Crippen molar-refractivity contribution in [1.29, 1.82) is 0 Å². The van der Waals surface area contributed by atoms with E-state index in [0.29, 0.717) is 31.0 Å². The Morgan fingerprint density at radius 2 is 2.29 bits per heavy atom. The minimum absolute atomic E-state index is 0.187. The van der Waals surface area contributed by atoms with Crippen molar-refractivity contribution in [3.05, 3.63) is 0 Å². The molecular weight excluding hydrogens is 214 g/mol. The van der Waals surface area contributed by atoms with E-state index in [1.54, 1.807) is 0 Å². The summed E-state index contributed by atoms with van der Waals surface area (Å²) in [5, 5.41) is 3.14. The summed E-state index contributed by atoms with van der Waals surface area (Å²) in [6, 6.07) is 0.930. The molecule has 3 atom stereocenters. The minimum Gasteiger partial charge on any atom is -0.353 e. The second kappa shape index (κ2) is 6.97. The highest BCUT2D eigenvalue weighted by Gasteiger charge is 2.23. The molecule has 0 aromatic carbocycles. The first-order valence-electron chi connectivity index (χ1n) is 6.72. The van der Waals surface area contributed by atoms with Gasteiger partial charge in [0.15, 0.2) is 0 Å². The molecule has 0 aromatic heterocycles. The number of piperidine rings is 1. The van der Waals surface area contributed by atoms with Gasteiger partial charge < -0.3 is 16.0 Å². The van der Waals surface area contributed by atoms with Crippen molar-refractivity contribution in [2.24, 2.45) is 11.7 Å². The second-order valence-corrected chi connectivity index (χ2v) is 5.50. The SMILES string of the molecule is CC(CN)CCC(=O)NC1CCN(C)C(C)C1. The molecule has 1 aliphatic heterocycles. The van der Waals surface area contributed by atoms with E-state index in [9.17, 15) is 4.79 Å². The summed E-state index contributed by atoms with van der Waals surface area (Å²) in [4.78, 5) is 14.1. The molecule has 3 unspecified atom stereocenters. The molecular formula is C13H27N3O. The molecule has 100 valence electrons. The predicted molar refractivity (Wildman–Crippen MR) is 70.7 cm³/mol. The molecule has 17 heavy (non-hydrogen) atoms. The Kier molecular flexibility index (Phi) is 5.92. The number of carbonyl (C=O) groups excluding carboxylic acids is 1. The van der Waals surface area contributed by atoms with Crippen LogP contribution >= 0.6 is 0 Å². The number of hydrogen-bond acceptors (Lipinski definition) is 3. The van der Waals surface area contributed by atoms with Crippen molar-refractivity contribution < 1.29 is 4.79 Å². The van der Waals surface area contributed by atoms with Crippen molar-refractivity contribution in [3.8, 4) is 0 Å². The van der Waals surface area contributed by atoms with E-state index in [1.807, 2.05) is 0 Å². The van der Waals surface area contributed by atoms with Crippen molar-refractivity contribution >= 4 is 5.91 Å². The molecule has 1 saturated heterocycles. The van der Waals surface area contributed by atoms with Gasteiger partial charge in [-0.15, -0.1) is 0 Å². The highest BCUT2D eigenvalue weighted by atomic mass is 16.1. The molecule has 0 bridgehead atoms. The minimum atomic E-state index is 0.187. The monoisotopic (exact) mass is 241 g/mol. The predicted octanol–water partition coefficient (Wildman–Crippen LogP) is 0.960. The molecule has 1 aliphatic rings. The van der Waals surface area contributed by atoms with Crippen LogP contribution in [0.4, 0.5) is 0 Å². The van der Waals surface area contributed by atoms with Crippen LogP contribution < -0.4 is 11.1 Å². The number of carbonyl (C=O) groups is 1. The maximum atomic E-state index is 11.8. The maximum absolute atomic E-state index is 11.8. The lowest BCUT2D eigenvalue weighted by Gasteiger charge is -2.35. The second-order valence-electron chi connectivity index (χ2n) is 5.50. The Morgan fingerprint density at radius 3 is 2.88 bits per heavy atom. The van der Waals surface area contributed by atoms with Gasteiger partial charge in [-0.05, 0) is 45.7 Å². The van der Waals surface area contributed by atoms with Crippen LogP contribution in [0, 0.1) is 5.92 Å². The van der Waals surface area contributed by atoms with Crippen molar-refractivity contribution in [3.63, 3.8) is 0 Å². The summed E-state index contributed by atoms with van der Waals surface area (Å²) < 4.78 is 0. The van der Waals surface area contributed by atoms with E-state index in [1.165, 1.54) is 0 Å². The van der Waals surface area contributed by atoms with Crippen LogP contribution in [0.1, 0.15) is 39.5 Å². The number of rotatable bonds is 5. The first-order chi connectivity index (χ1) is 8.02. The highest BCUT2D eigenvalue weighted by Crippen LogP contribution is 2.15. The summed E-state index contributed by atoms with van der Waals surface area (Å²) in [5.41, 5.74) is 5.54. The molecule has 0 aromatic rings. The van der Waals surface area contributed by atoms with Crippen LogP contribution in [0.2, 0.25) is 0 Å². The zero-order chi connectivity index (χ0) is 12.8. The quantitative estimate of drug-likeness (QED) is 0.754. The maximum Gasteiger partial charge on any atom is 0.220 e. The van der Waals surface area contributed by atoms with Crippen molar-refractivity contribution in [2.75, 3.05) is 20.1 Å². The fraction of sp³-hybridized carbons (Fsp3) is 0.923. The molecule has 1 amide bonds. The Labute approximate surface area is 105 Å². The summed E-state index contributed by atoms with van der Waals surface area (Å²) >= 11 is 0. The fourth-order valence-electron chi connectivity index (χ4n) is 2.22. The normalized spacial score (nSPS) is 27.8. The van der Waals surface area contributed by atoms with Gasteiger partial charge in [0.2, 0.25) is 5.91 Å². The van der Waals surface area contributed by atoms with E-state index >= 15 is 0 Å². The lowest BCUT2D eigenvalue weighted by atomic mass is 9.98. The molecule has 0 radical (unpaired) electrons. The average Bonchev–Trinajstić information content (AvgIpc) is 2.31. The van der Waals surface area contributed by atoms with Crippen LogP contribution in [0.3, 0.4) is 0 Å². The van der Waals surface area contributed by atoms with Gasteiger partial charge in [-0.2, -0.15) is 0 Å². The Bertz CT molecular complexity index is 245. The van der Waals surface area contributed by atoms with E-state index in [0.717, 1.165) is 25.8 Å². The van der Waals surface area contributed by atoms with E-state index in [-0.39, 0.29) is 5.91 Å². The van der Waals surface area contributed by atoms with Gasteiger partial charge in [0.1, 0.15) is 0 Å². The molecule has 0 aliphatic carbocycles. The number of nitrogens with one attached hydrogen (secondary N) is 1. The van der Waals surface area contributed by atoms with E-state index < -0.39 is 0 Å². The largest absolute Gasteiger partial charge is 0.353 e. The topological polar surface area (TPSA) is 58.4 Å². The first-order valence-corrected chi connectivity index (χ1v) is 6.72. The van der Waals surface area contributed by atoms with Gasteiger partial charge in [0.25, 0.3) is 0 Å². The molecule has 4 heteroatoms. The van der Waals surface area contributed by atoms with Crippen LogP contribution in [-0.4, -0.2) is 43.0 Å². The van der Waals surface area contributed by atoms with Gasteiger partial charge in [0.05, 0.1) is 0 Å². The molecule has 0 spiro atoms. The summed E-state index contributed by atoms with van der Waals surface area (Å²) in [7, 11) is 2.14. The Morgan fingerprint density at radius 1 is 1.59 bits per heavy atom. The number of amides is 1. The summed E-state index contributed by atoms with van der Waals surface area (Å²) in [6.07, 6.45) is 3.64. The number of nitrogens with two attached hydrogens (primary N) is 1. The highest BCUT2D eigenvalue weighted by molar-refractivity contribution is 5.76. The molecule has 4 nitrogen and oxygen atoms in total. The summed E-state index contributed by atoms with van der Waals surface area (Å²) in [5.74, 6) is 0.629. The van der Waals surface area contributed by atoms with Crippen LogP contribution in [0.25, 0.3) is 0 Å². The first kappa shape index (κ1) is 14.5. The zero-order valence-electron chi connectivity index (χ0n) is 11.4. The average molecular weight is 241 g/mol. The number of nitrogens with zero attached hydrogens (tertiary/aromatic N) is 1. The van der Waals surface area contributed by atoms with Gasteiger partial charge in [-0.3, -0.25) is 4.79 Å². The third-order valence-electron chi connectivity index (χ3n) is 3.84. The summed E-state index contributed by atoms with van der Waals surface area (Å²) in [6.45, 7) is 6.05. The van der Waals surface area contributed by atoms with Gasteiger partial charge in [-0.25, -0.2) is 0 Å². The van der Waals surface area contributed by atoms with Gasteiger partial charge in [-0.1, -0.05) is 6.92 Å². The van der Waals surface area contributed by atoms with Crippen LogP contribution in [0.15, 0.2) is 0 Å². The standard InChI is InChI=1S/C13H27N3O/c1-10(9-14)4-5-13(17)15-12-6-7-16(3)11(2)8-12/h10-12H,4-9,14H2,1-3H3,(H,15,17). The van der Waals surface area contributed by atoms with E-state index in [4.69, 9.17) is 5.73 Å². The fourth-order valence-corrected chi connectivity index (χ4v) is 2.22. The third kappa shape index (κ3) is 5.04. The van der Waals surface area contributed by atoms with Crippen LogP contribution in [-0.2, 0) is 4.79 Å². The molecule has 3 N–H and O–H groups in total. The Balaban J connectivity index is 2.22. The smallest absolute Gasteiger partial charge is 0.220 e. The lowest BCUT2D eigenvalue weighted by molar-refractivity contribution is -0.122. The van der Waals surface area contributed by atoms with Gasteiger partial charge >= 0.3 is 0 Å². The van der Waals surface area contributed by atoms with E-state index in [2.05, 4.69) is 31.1 Å². The number of hydrogen-bond donors (Lipinski definition) is 2. The number of likely N-dealkylation sites (tertiary alicyclic amines) is 1. The molecule has 1 fully saturated rings. The molecule has 1 heterocycles. The van der Waals surface area contributed by atoms with Crippen molar-refractivity contribution in [1.82, 2.24) is 10.2 Å². The van der Waals surface area contributed by atoms with Crippen LogP contribution in [0.5, 0.6) is 0 Å². The molecule has 0 saturated carbocycles. The third-order valence-corrected chi connectivity index (χ3v) is 3.84. The Hall–Kier alpha value is -0.610. The zero-order valence-corrected chi connectivity index (χ0v) is 11.4.